The summed E-state index contributed by atoms with van der Waals surface area (Å²) in [6.07, 6.45) is 1.11. The molecule has 0 spiro atoms. The van der Waals surface area contributed by atoms with Crippen molar-refractivity contribution in [3.05, 3.63) is 35.6 Å². The van der Waals surface area contributed by atoms with E-state index in [1.807, 2.05) is 0 Å². The van der Waals surface area contributed by atoms with E-state index in [9.17, 15) is 0 Å². The molecule has 0 fully saturated rings. The number of rotatable bonds is 5. The molecule has 2 aromatic rings. The molecule has 1 unspecified atom stereocenters. The smallest absolute Gasteiger partial charge is 0.137 e. The van der Waals surface area contributed by atoms with Gasteiger partial charge in [-0.05, 0) is 36.9 Å². The van der Waals surface area contributed by atoms with Gasteiger partial charge in [0.1, 0.15) is 11.3 Å². The monoisotopic (exact) mass is 259 g/mol. The van der Waals surface area contributed by atoms with Crippen molar-refractivity contribution in [1.82, 2.24) is 5.32 Å². The van der Waals surface area contributed by atoms with Crippen LogP contribution in [0.15, 0.2) is 28.7 Å². The summed E-state index contributed by atoms with van der Waals surface area (Å²) >= 11 is 0. The van der Waals surface area contributed by atoms with Crippen LogP contribution in [0.25, 0.3) is 11.0 Å². The number of nitrogens with one attached hydrogen (secondary N) is 1. The van der Waals surface area contributed by atoms with Crippen LogP contribution in [0.2, 0.25) is 0 Å². The summed E-state index contributed by atoms with van der Waals surface area (Å²) in [5.74, 6) is 1.05. The van der Waals surface area contributed by atoms with Crippen molar-refractivity contribution < 1.29 is 4.42 Å². The van der Waals surface area contributed by atoms with Crippen LogP contribution in [0.4, 0.5) is 0 Å². The fraction of sp³-hybridized carbons (Fsp3) is 0.529. The fourth-order valence-electron chi connectivity index (χ4n) is 2.54. The Labute approximate surface area is 116 Å². The van der Waals surface area contributed by atoms with Gasteiger partial charge < -0.3 is 9.73 Å². The Hall–Kier alpha value is -1.28. The van der Waals surface area contributed by atoms with Crippen molar-refractivity contribution >= 4 is 11.0 Å². The highest BCUT2D eigenvalue weighted by Crippen LogP contribution is 2.38. The summed E-state index contributed by atoms with van der Waals surface area (Å²) < 4.78 is 6.14. The van der Waals surface area contributed by atoms with E-state index in [1.54, 1.807) is 0 Å². The van der Waals surface area contributed by atoms with Crippen LogP contribution >= 0.6 is 0 Å². The highest BCUT2D eigenvalue weighted by molar-refractivity contribution is 5.81. The molecule has 0 amide bonds. The third-order valence-corrected chi connectivity index (χ3v) is 4.15. The van der Waals surface area contributed by atoms with E-state index in [4.69, 9.17) is 4.42 Å². The lowest BCUT2D eigenvalue weighted by Gasteiger charge is -2.32. The zero-order valence-electron chi connectivity index (χ0n) is 12.7. The summed E-state index contributed by atoms with van der Waals surface area (Å²) in [5.41, 5.74) is 2.40. The van der Waals surface area contributed by atoms with E-state index in [1.165, 1.54) is 10.9 Å². The van der Waals surface area contributed by atoms with Gasteiger partial charge in [-0.2, -0.15) is 0 Å². The molecule has 0 saturated heterocycles. The molecule has 1 atom stereocenters. The van der Waals surface area contributed by atoms with Crippen LogP contribution < -0.4 is 5.32 Å². The molecule has 2 rings (SSSR count). The van der Waals surface area contributed by atoms with Gasteiger partial charge in [0.15, 0.2) is 0 Å². The van der Waals surface area contributed by atoms with E-state index in [0.717, 1.165) is 24.3 Å². The second-order valence-corrected chi connectivity index (χ2v) is 5.97. The quantitative estimate of drug-likeness (QED) is 0.832. The van der Waals surface area contributed by atoms with Crippen molar-refractivity contribution in [3.8, 4) is 0 Å². The molecular formula is C17H25NO. The Morgan fingerprint density at radius 3 is 2.58 bits per heavy atom. The van der Waals surface area contributed by atoms with Gasteiger partial charge in [-0.25, -0.2) is 0 Å². The third kappa shape index (κ3) is 2.69. The lowest BCUT2D eigenvalue weighted by atomic mass is 9.80. The minimum atomic E-state index is 0.178. The lowest BCUT2D eigenvalue weighted by molar-refractivity contribution is 0.211. The number of hydrogen-bond acceptors (Lipinski definition) is 2. The van der Waals surface area contributed by atoms with Gasteiger partial charge in [-0.15, -0.1) is 0 Å². The molecule has 1 heterocycles. The van der Waals surface area contributed by atoms with Crippen LogP contribution in [0.5, 0.6) is 0 Å². The maximum Gasteiger partial charge on any atom is 0.137 e. The Morgan fingerprint density at radius 2 is 2.00 bits per heavy atom. The first-order valence-electron chi connectivity index (χ1n) is 7.22. The Bertz CT molecular complexity index is 553. The normalized spacial score (nSPS) is 13.9. The maximum atomic E-state index is 6.14. The molecule has 1 N–H and O–H groups in total. The fourth-order valence-corrected chi connectivity index (χ4v) is 2.54. The van der Waals surface area contributed by atoms with Crippen molar-refractivity contribution in [2.24, 2.45) is 5.41 Å². The van der Waals surface area contributed by atoms with Crippen LogP contribution in [0.3, 0.4) is 0 Å². The first-order chi connectivity index (χ1) is 8.99. The number of para-hydroxylation sites is 1. The van der Waals surface area contributed by atoms with Gasteiger partial charge >= 0.3 is 0 Å². The molecule has 2 heteroatoms. The highest BCUT2D eigenvalue weighted by Gasteiger charge is 2.31. The average Bonchev–Trinajstić information content (AvgIpc) is 2.80. The summed E-state index contributed by atoms with van der Waals surface area (Å²) in [6, 6.07) is 8.76. The summed E-state index contributed by atoms with van der Waals surface area (Å²) in [7, 11) is 0. The van der Waals surface area contributed by atoms with Crippen LogP contribution in [-0.4, -0.2) is 6.54 Å². The number of aryl methyl sites for hydroxylation is 1. The zero-order chi connectivity index (χ0) is 14.0. The van der Waals surface area contributed by atoms with Crippen molar-refractivity contribution in [2.45, 2.75) is 47.1 Å². The molecule has 19 heavy (non-hydrogen) atoms. The number of fused-ring (bicyclic) bond motifs is 1. The van der Waals surface area contributed by atoms with Gasteiger partial charge in [0.2, 0.25) is 0 Å². The van der Waals surface area contributed by atoms with Crippen LogP contribution in [0.1, 0.15) is 51.5 Å². The van der Waals surface area contributed by atoms with Crippen LogP contribution in [0, 0.1) is 12.3 Å². The molecule has 1 aromatic heterocycles. The second kappa shape index (κ2) is 5.38. The summed E-state index contributed by atoms with van der Waals surface area (Å²) in [4.78, 5) is 0. The van der Waals surface area contributed by atoms with E-state index in [2.05, 4.69) is 64.2 Å². The van der Waals surface area contributed by atoms with Gasteiger partial charge in [0, 0.05) is 5.39 Å². The van der Waals surface area contributed by atoms with E-state index >= 15 is 0 Å². The molecular weight excluding hydrogens is 234 g/mol. The second-order valence-electron chi connectivity index (χ2n) is 5.97. The van der Waals surface area contributed by atoms with Gasteiger partial charge in [0.05, 0.1) is 6.04 Å². The third-order valence-electron chi connectivity index (χ3n) is 4.15. The van der Waals surface area contributed by atoms with Gasteiger partial charge in [-0.3, -0.25) is 0 Å². The SMILES string of the molecule is CCNC(c1cc2cccc(C)c2o1)C(C)(C)CC. The van der Waals surface area contributed by atoms with E-state index in [-0.39, 0.29) is 11.5 Å². The minimum absolute atomic E-state index is 0.178. The molecule has 0 bridgehead atoms. The predicted molar refractivity (Wildman–Crippen MR) is 81.4 cm³/mol. The molecule has 0 radical (unpaired) electrons. The van der Waals surface area contributed by atoms with E-state index < -0.39 is 0 Å². The molecule has 0 aliphatic heterocycles. The Morgan fingerprint density at radius 1 is 1.26 bits per heavy atom. The first-order valence-corrected chi connectivity index (χ1v) is 7.22. The first kappa shape index (κ1) is 14.1. The lowest BCUT2D eigenvalue weighted by Crippen LogP contribution is -2.33. The van der Waals surface area contributed by atoms with Crippen molar-refractivity contribution in [2.75, 3.05) is 6.54 Å². The summed E-state index contributed by atoms with van der Waals surface area (Å²) in [5, 5.41) is 4.78. The summed E-state index contributed by atoms with van der Waals surface area (Å²) in [6.45, 7) is 12.0. The maximum absolute atomic E-state index is 6.14. The Kier molecular flexibility index (Phi) is 4.00. The minimum Gasteiger partial charge on any atom is -0.459 e. The molecule has 104 valence electrons. The average molecular weight is 259 g/mol. The van der Waals surface area contributed by atoms with Crippen molar-refractivity contribution in [1.29, 1.82) is 0 Å². The highest BCUT2D eigenvalue weighted by atomic mass is 16.3. The molecule has 2 nitrogen and oxygen atoms in total. The van der Waals surface area contributed by atoms with E-state index in [0.29, 0.717) is 0 Å². The predicted octanol–water partition coefficient (Wildman–Crippen LogP) is 4.83. The Balaban J connectivity index is 2.48. The zero-order valence-corrected chi connectivity index (χ0v) is 12.7. The van der Waals surface area contributed by atoms with Crippen LogP contribution in [-0.2, 0) is 0 Å². The molecule has 1 aromatic carbocycles. The van der Waals surface area contributed by atoms with Gasteiger partial charge in [0.25, 0.3) is 0 Å². The topological polar surface area (TPSA) is 25.2 Å². The molecule has 0 aliphatic rings. The number of hydrogen-bond donors (Lipinski definition) is 1. The standard InChI is InChI=1S/C17H25NO/c1-6-17(4,5)16(18-7-2)14-11-13-10-8-9-12(3)15(13)19-14/h8-11,16,18H,6-7H2,1-5H3. The molecule has 0 aliphatic carbocycles. The van der Waals surface area contributed by atoms with Crippen molar-refractivity contribution in [3.63, 3.8) is 0 Å². The largest absolute Gasteiger partial charge is 0.459 e. The number of furan rings is 1. The van der Waals surface area contributed by atoms with Gasteiger partial charge in [-0.1, -0.05) is 45.9 Å². The number of benzene rings is 1. The molecule has 0 saturated carbocycles.